The van der Waals surface area contributed by atoms with Crippen molar-refractivity contribution in [1.29, 1.82) is 0 Å². The van der Waals surface area contributed by atoms with Gasteiger partial charge in [0.2, 0.25) is 11.8 Å². The largest absolute Gasteiger partial charge is 0.355 e. The highest BCUT2D eigenvalue weighted by molar-refractivity contribution is 6.03. The Kier molecular flexibility index (Phi) is 5.54. The van der Waals surface area contributed by atoms with Crippen LogP contribution in [0.15, 0.2) is 12.1 Å². The molecule has 0 spiro atoms. The highest BCUT2D eigenvalue weighted by atomic mass is 19.2. The Balaban J connectivity index is 2.59. The summed E-state index contributed by atoms with van der Waals surface area (Å²) in [5.41, 5.74) is -0.509. The van der Waals surface area contributed by atoms with Crippen molar-refractivity contribution in [3.63, 3.8) is 0 Å². The Hall–Kier alpha value is -2.05. The number of rotatable bonds is 5. The van der Waals surface area contributed by atoms with Crippen molar-refractivity contribution < 1.29 is 22.8 Å². The summed E-state index contributed by atoms with van der Waals surface area (Å²) >= 11 is 0. The maximum atomic E-state index is 13.3. The van der Waals surface area contributed by atoms with Gasteiger partial charge in [0, 0.05) is 6.54 Å². The van der Waals surface area contributed by atoms with Gasteiger partial charge in [0.05, 0.1) is 5.69 Å². The minimum atomic E-state index is -1.67. The molecule has 0 aliphatic heterocycles. The average molecular weight is 288 g/mol. The summed E-state index contributed by atoms with van der Waals surface area (Å²) in [5, 5.41) is 4.52. The van der Waals surface area contributed by atoms with Crippen LogP contribution in [0.2, 0.25) is 0 Å². The van der Waals surface area contributed by atoms with Gasteiger partial charge in [-0.15, -0.1) is 0 Å². The number of carbonyl (C=O) groups is 2. The fourth-order valence-corrected chi connectivity index (χ4v) is 1.34. The first-order valence-electron chi connectivity index (χ1n) is 6.01. The van der Waals surface area contributed by atoms with Crippen LogP contribution in [0.3, 0.4) is 0 Å². The molecule has 0 radical (unpaired) electrons. The van der Waals surface area contributed by atoms with E-state index in [1.54, 1.807) is 0 Å². The van der Waals surface area contributed by atoms with Crippen LogP contribution < -0.4 is 10.6 Å². The van der Waals surface area contributed by atoms with Crippen molar-refractivity contribution in [2.75, 3.05) is 11.9 Å². The molecule has 1 rings (SSSR count). The lowest BCUT2D eigenvalue weighted by atomic mass is 10.2. The molecule has 2 amide bonds. The number of carbonyl (C=O) groups excluding carboxylic acids is 2. The Morgan fingerprint density at radius 1 is 1.10 bits per heavy atom. The zero-order valence-electron chi connectivity index (χ0n) is 11.1. The van der Waals surface area contributed by atoms with E-state index < -0.39 is 41.4 Å². The summed E-state index contributed by atoms with van der Waals surface area (Å²) in [7, 11) is 0. The van der Waals surface area contributed by atoms with Crippen molar-refractivity contribution in [2.45, 2.75) is 20.3 Å². The van der Waals surface area contributed by atoms with Gasteiger partial charge in [0.1, 0.15) is 6.42 Å². The van der Waals surface area contributed by atoms with Gasteiger partial charge in [-0.05, 0) is 18.1 Å². The predicted octanol–water partition coefficient (Wildman–Crippen LogP) is 2.20. The first-order chi connectivity index (χ1) is 9.31. The minimum absolute atomic E-state index is 0.227. The number of hydrogen-bond donors (Lipinski definition) is 2. The van der Waals surface area contributed by atoms with Gasteiger partial charge in [-0.25, -0.2) is 13.2 Å². The van der Waals surface area contributed by atoms with Gasteiger partial charge >= 0.3 is 0 Å². The van der Waals surface area contributed by atoms with Crippen LogP contribution in [0.4, 0.5) is 18.9 Å². The van der Waals surface area contributed by atoms with Crippen LogP contribution in [0.1, 0.15) is 20.3 Å². The summed E-state index contributed by atoms with van der Waals surface area (Å²) in [5.74, 6) is -5.64. The SMILES string of the molecule is CC(C)CNC(=O)CC(=O)Nc1ccc(F)c(F)c1F. The monoisotopic (exact) mass is 288 g/mol. The van der Waals surface area contributed by atoms with E-state index >= 15 is 0 Å². The van der Waals surface area contributed by atoms with Crippen LogP contribution in [-0.4, -0.2) is 18.4 Å². The smallest absolute Gasteiger partial charge is 0.233 e. The lowest BCUT2D eigenvalue weighted by Crippen LogP contribution is -2.31. The van der Waals surface area contributed by atoms with Gasteiger partial charge in [-0.3, -0.25) is 9.59 Å². The molecule has 0 aromatic heterocycles. The number of benzene rings is 1. The van der Waals surface area contributed by atoms with Crippen LogP contribution in [0.25, 0.3) is 0 Å². The third-order valence-electron chi connectivity index (χ3n) is 2.34. The average Bonchev–Trinajstić information content (AvgIpc) is 2.37. The molecule has 4 nitrogen and oxygen atoms in total. The fraction of sp³-hybridized carbons (Fsp3) is 0.385. The molecule has 7 heteroatoms. The summed E-state index contributed by atoms with van der Waals surface area (Å²) < 4.78 is 38.9. The maximum Gasteiger partial charge on any atom is 0.233 e. The van der Waals surface area contributed by atoms with E-state index in [0.717, 1.165) is 6.07 Å². The van der Waals surface area contributed by atoms with E-state index in [2.05, 4.69) is 5.32 Å². The van der Waals surface area contributed by atoms with Gasteiger partial charge in [-0.1, -0.05) is 13.8 Å². The highest BCUT2D eigenvalue weighted by Crippen LogP contribution is 2.19. The highest BCUT2D eigenvalue weighted by Gasteiger charge is 2.16. The zero-order chi connectivity index (χ0) is 15.3. The van der Waals surface area contributed by atoms with Gasteiger partial charge in [0.25, 0.3) is 0 Å². The molecular formula is C13H15F3N2O2. The second kappa shape index (κ2) is 6.93. The maximum absolute atomic E-state index is 13.3. The lowest BCUT2D eigenvalue weighted by Gasteiger charge is -2.09. The van der Waals surface area contributed by atoms with Crippen molar-refractivity contribution in [3.8, 4) is 0 Å². The fourth-order valence-electron chi connectivity index (χ4n) is 1.34. The number of anilines is 1. The van der Waals surface area contributed by atoms with Crippen molar-refractivity contribution in [1.82, 2.24) is 5.32 Å². The van der Waals surface area contributed by atoms with Crippen LogP contribution in [0.5, 0.6) is 0 Å². The number of nitrogens with one attached hydrogen (secondary N) is 2. The normalized spacial score (nSPS) is 10.5. The van der Waals surface area contributed by atoms with Gasteiger partial charge in [-0.2, -0.15) is 0 Å². The molecule has 0 bridgehead atoms. The summed E-state index contributed by atoms with van der Waals surface area (Å²) in [6, 6.07) is 1.57. The lowest BCUT2D eigenvalue weighted by molar-refractivity contribution is -0.126. The van der Waals surface area contributed by atoms with Gasteiger partial charge in [0.15, 0.2) is 17.5 Å². The van der Waals surface area contributed by atoms with E-state index in [-0.39, 0.29) is 5.92 Å². The molecule has 1 aromatic carbocycles. The molecule has 0 heterocycles. The number of hydrogen-bond acceptors (Lipinski definition) is 2. The second-order valence-electron chi connectivity index (χ2n) is 4.65. The summed E-state index contributed by atoms with van der Waals surface area (Å²) in [6.07, 6.45) is -0.523. The van der Waals surface area contributed by atoms with Crippen LogP contribution in [0, 0.1) is 23.4 Å². The Morgan fingerprint density at radius 3 is 2.35 bits per heavy atom. The standard InChI is InChI=1S/C13H15F3N2O2/c1-7(2)6-17-10(19)5-11(20)18-9-4-3-8(14)12(15)13(9)16/h3-4,7H,5-6H2,1-2H3,(H,17,19)(H,18,20). The molecule has 0 aliphatic rings. The molecular weight excluding hydrogens is 273 g/mol. The van der Waals surface area contributed by atoms with Crippen LogP contribution >= 0.6 is 0 Å². The molecule has 0 atom stereocenters. The molecule has 20 heavy (non-hydrogen) atoms. The third kappa shape index (κ3) is 4.56. The van der Waals surface area contributed by atoms with Gasteiger partial charge < -0.3 is 10.6 Å². The molecule has 110 valence electrons. The third-order valence-corrected chi connectivity index (χ3v) is 2.34. The number of amides is 2. The van der Waals surface area contributed by atoms with Crippen molar-refractivity contribution in [2.24, 2.45) is 5.92 Å². The van der Waals surface area contributed by atoms with Crippen molar-refractivity contribution in [3.05, 3.63) is 29.6 Å². The van der Waals surface area contributed by atoms with Crippen LogP contribution in [-0.2, 0) is 9.59 Å². The molecule has 0 unspecified atom stereocenters. The second-order valence-corrected chi connectivity index (χ2v) is 4.65. The number of halogens is 3. The quantitative estimate of drug-likeness (QED) is 0.644. The first-order valence-corrected chi connectivity index (χ1v) is 6.01. The Morgan fingerprint density at radius 2 is 1.75 bits per heavy atom. The predicted molar refractivity (Wildman–Crippen MR) is 67.4 cm³/mol. The van der Waals surface area contributed by atoms with E-state index in [4.69, 9.17) is 0 Å². The van der Waals surface area contributed by atoms with E-state index in [1.807, 2.05) is 19.2 Å². The Bertz CT molecular complexity index is 519. The van der Waals surface area contributed by atoms with E-state index in [0.29, 0.717) is 12.6 Å². The molecule has 0 aliphatic carbocycles. The first kappa shape index (κ1) is 16.0. The molecule has 1 aromatic rings. The molecule has 2 N–H and O–H groups in total. The summed E-state index contributed by atoms with van der Waals surface area (Å²) in [6.45, 7) is 4.18. The minimum Gasteiger partial charge on any atom is -0.355 e. The van der Waals surface area contributed by atoms with E-state index in [9.17, 15) is 22.8 Å². The Labute approximate surface area is 114 Å². The van der Waals surface area contributed by atoms with Crippen molar-refractivity contribution >= 4 is 17.5 Å². The summed E-state index contributed by atoms with van der Waals surface area (Å²) in [4.78, 5) is 22.8. The molecule has 0 saturated heterocycles. The topological polar surface area (TPSA) is 58.2 Å². The molecule has 0 fully saturated rings. The van der Waals surface area contributed by atoms with E-state index in [1.165, 1.54) is 0 Å². The molecule has 0 saturated carbocycles. The zero-order valence-corrected chi connectivity index (χ0v) is 11.1.